The third-order valence-corrected chi connectivity index (χ3v) is 3.92. The zero-order chi connectivity index (χ0) is 18.1. The number of nitrogens with one attached hydrogen (secondary N) is 2. The smallest absolute Gasteiger partial charge is 0.407 e. The molecule has 0 unspecified atom stereocenters. The van der Waals surface area contributed by atoms with E-state index in [1.54, 1.807) is 40.0 Å². The first-order valence-corrected chi connectivity index (χ1v) is 8.08. The van der Waals surface area contributed by atoms with Crippen LogP contribution in [0.25, 0.3) is 10.9 Å². The maximum atomic E-state index is 14.0. The zero-order valence-corrected chi connectivity index (χ0v) is 14.9. The van der Waals surface area contributed by atoms with Gasteiger partial charge in [0.15, 0.2) is 0 Å². The number of fused-ring (bicyclic) bond motifs is 1. The number of aromatic amines is 1. The highest BCUT2D eigenvalue weighted by Crippen LogP contribution is 2.29. The molecule has 2 aromatic rings. The van der Waals surface area contributed by atoms with Gasteiger partial charge in [0.05, 0.1) is 22.7 Å². The third-order valence-electron chi connectivity index (χ3n) is 3.54. The van der Waals surface area contributed by atoms with Crippen molar-refractivity contribution >= 4 is 28.6 Å². The Morgan fingerprint density at radius 1 is 1.50 bits per heavy atom. The van der Waals surface area contributed by atoms with Gasteiger partial charge >= 0.3 is 6.09 Å². The molecule has 0 saturated carbocycles. The molecular formula is C17H22ClFN2O3. The number of benzene rings is 1. The van der Waals surface area contributed by atoms with E-state index in [0.717, 1.165) is 0 Å². The lowest BCUT2D eigenvalue weighted by atomic mass is 10.00. The van der Waals surface area contributed by atoms with E-state index in [4.69, 9.17) is 16.3 Å². The lowest BCUT2D eigenvalue weighted by Gasteiger charge is -2.25. The number of rotatable bonds is 4. The van der Waals surface area contributed by atoms with Crippen molar-refractivity contribution in [1.29, 1.82) is 0 Å². The fourth-order valence-electron chi connectivity index (χ4n) is 2.43. The summed E-state index contributed by atoms with van der Waals surface area (Å²) < 4.78 is 19.2. The maximum absolute atomic E-state index is 14.0. The summed E-state index contributed by atoms with van der Waals surface area (Å²) in [5.41, 5.74) is 0.642. The molecule has 0 bridgehead atoms. The van der Waals surface area contributed by atoms with Crippen molar-refractivity contribution < 1.29 is 19.0 Å². The van der Waals surface area contributed by atoms with Crippen molar-refractivity contribution in [2.75, 3.05) is 0 Å². The Morgan fingerprint density at radius 3 is 2.75 bits per heavy atom. The Labute approximate surface area is 145 Å². The normalized spacial score (nSPS) is 14.5. The third kappa shape index (κ3) is 4.39. The van der Waals surface area contributed by atoms with Gasteiger partial charge in [0.25, 0.3) is 0 Å². The maximum Gasteiger partial charge on any atom is 0.407 e. The van der Waals surface area contributed by atoms with Gasteiger partial charge in [-0.2, -0.15) is 0 Å². The van der Waals surface area contributed by atoms with Crippen LogP contribution >= 0.6 is 11.6 Å². The molecule has 0 radical (unpaired) electrons. The van der Waals surface area contributed by atoms with E-state index in [2.05, 4.69) is 10.3 Å². The van der Waals surface area contributed by atoms with E-state index in [0.29, 0.717) is 16.5 Å². The minimum Gasteiger partial charge on any atom is -0.444 e. The summed E-state index contributed by atoms with van der Waals surface area (Å²) in [6, 6.07) is 2.36. The molecule has 1 aromatic heterocycles. The summed E-state index contributed by atoms with van der Waals surface area (Å²) in [5.74, 6) is -0.541. The van der Waals surface area contributed by atoms with Crippen molar-refractivity contribution in [3.8, 4) is 0 Å². The van der Waals surface area contributed by atoms with Crippen LogP contribution < -0.4 is 5.32 Å². The number of halogens is 2. The fraction of sp³-hybridized carbons (Fsp3) is 0.471. The Balaban J connectivity index is 2.24. The van der Waals surface area contributed by atoms with Crippen molar-refractivity contribution in [3.63, 3.8) is 0 Å². The molecule has 0 aliphatic rings. The number of carbonyl (C=O) groups excluding carboxylic acids is 1. The number of aliphatic hydroxyl groups excluding tert-OH is 1. The number of hydrogen-bond donors (Lipinski definition) is 3. The Hall–Kier alpha value is -1.79. The molecule has 5 nitrogen and oxygen atoms in total. The number of hydrogen-bond acceptors (Lipinski definition) is 3. The highest BCUT2D eigenvalue weighted by atomic mass is 35.5. The van der Waals surface area contributed by atoms with Gasteiger partial charge in [-0.3, -0.25) is 0 Å². The summed E-state index contributed by atoms with van der Waals surface area (Å²) in [6.07, 6.45) is 0.409. The van der Waals surface area contributed by atoms with Gasteiger partial charge < -0.3 is 20.1 Å². The number of aromatic nitrogens is 1. The Morgan fingerprint density at radius 2 is 2.17 bits per heavy atom. The molecule has 0 aliphatic carbocycles. The van der Waals surface area contributed by atoms with Crippen LogP contribution in [0, 0.1) is 5.82 Å². The second-order valence-electron chi connectivity index (χ2n) is 6.80. The average Bonchev–Trinajstić information content (AvgIpc) is 2.91. The first kappa shape index (κ1) is 18.5. The predicted octanol–water partition coefficient (Wildman–Crippen LogP) is 3.78. The summed E-state index contributed by atoms with van der Waals surface area (Å²) >= 11 is 5.96. The molecule has 2 rings (SSSR count). The number of ether oxygens (including phenoxy) is 1. The minimum atomic E-state index is -0.846. The molecular weight excluding hydrogens is 335 g/mol. The highest BCUT2D eigenvalue weighted by Gasteiger charge is 2.24. The van der Waals surface area contributed by atoms with Gasteiger partial charge in [-0.25, -0.2) is 9.18 Å². The monoisotopic (exact) mass is 356 g/mol. The van der Waals surface area contributed by atoms with Gasteiger partial charge in [-0.15, -0.1) is 0 Å². The summed E-state index contributed by atoms with van der Waals surface area (Å²) in [7, 11) is 0. The molecule has 1 aromatic carbocycles. The van der Waals surface area contributed by atoms with Crippen LogP contribution in [0.4, 0.5) is 9.18 Å². The summed E-state index contributed by atoms with van der Waals surface area (Å²) in [6.45, 7) is 6.81. The number of aliphatic hydroxyl groups is 1. The molecule has 1 heterocycles. The van der Waals surface area contributed by atoms with Crippen molar-refractivity contribution in [1.82, 2.24) is 10.3 Å². The van der Waals surface area contributed by atoms with Crippen LogP contribution in [0.3, 0.4) is 0 Å². The van der Waals surface area contributed by atoms with E-state index in [9.17, 15) is 14.3 Å². The van der Waals surface area contributed by atoms with Crippen molar-refractivity contribution in [3.05, 3.63) is 34.7 Å². The molecule has 0 spiro atoms. The van der Waals surface area contributed by atoms with Gasteiger partial charge in [-0.1, -0.05) is 11.6 Å². The first-order chi connectivity index (χ1) is 11.1. The minimum absolute atomic E-state index is 0.0451. The average molecular weight is 357 g/mol. The lowest BCUT2D eigenvalue weighted by molar-refractivity contribution is 0.0437. The van der Waals surface area contributed by atoms with Gasteiger partial charge in [-0.05, 0) is 51.8 Å². The lowest BCUT2D eigenvalue weighted by Crippen LogP contribution is -2.45. The predicted molar refractivity (Wildman–Crippen MR) is 91.8 cm³/mol. The molecule has 132 valence electrons. The number of alkyl carbamates (subject to hydrolysis) is 1. The number of amides is 1. The van der Waals surface area contributed by atoms with E-state index < -0.39 is 29.7 Å². The SMILES string of the molecule is C[C@H](O)[C@@H](Cc1cc(F)c(Cl)c2cc[nH]c12)NC(=O)OC(C)(C)C. The number of H-pyrrole nitrogens is 1. The number of carbonyl (C=O) groups is 1. The van der Waals surface area contributed by atoms with Crippen molar-refractivity contribution in [2.45, 2.75) is 51.9 Å². The molecule has 3 N–H and O–H groups in total. The first-order valence-electron chi connectivity index (χ1n) is 7.70. The van der Waals surface area contributed by atoms with Crippen LogP contribution in [-0.2, 0) is 11.2 Å². The fourth-order valence-corrected chi connectivity index (χ4v) is 2.65. The van der Waals surface area contributed by atoms with E-state index in [1.165, 1.54) is 6.07 Å². The van der Waals surface area contributed by atoms with Crippen LogP contribution in [0.1, 0.15) is 33.3 Å². The van der Waals surface area contributed by atoms with E-state index in [-0.39, 0.29) is 11.4 Å². The van der Waals surface area contributed by atoms with Crippen LogP contribution in [0.15, 0.2) is 18.3 Å². The molecule has 7 heteroatoms. The second-order valence-corrected chi connectivity index (χ2v) is 7.17. The summed E-state index contributed by atoms with van der Waals surface area (Å²) in [5, 5.41) is 13.2. The van der Waals surface area contributed by atoms with Crippen LogP contribution in [-0.4, -0.2) is 33.9 Å². The molecule has 0 aliphatic heterocycles. The Bertz CT molecular complexity index is 737. The molecule has 24 heavy (non-hydrogen) atoms. The second kappa shape index (κ2) is 6.99. The van der Waals surface area contributed by atoms with Gasteiger partial charge in [0, 0.05) is 11.6 Å². The standard InChI is InChI=1S/C17H22ClFN2O3/c1-9(22)13(21-16(23)24-17(2,3)4)8-10-7-12(19)14(18)11-5-6-20-15(10)11/h5-7,9,13,20,22H,8H2,1-4H3,(H,21,23)/t9-,13+/m0/s1. The topological polar surface area (TPSA) is 74.4 Å². The van der Waals surface area contributed by atoms with Crippen molar-refractivity contribution in [2.24, 2.45) is 0 Å². The molecule has 0 fully saturated rings. The van der Waals surface area contributed by atoms with E-state index in [1.807, 2.05) is 0 Å². The molecule has 2 atom stereocenters. The van der Waals surface area contributed by atoms with Crippen LogP contribution in [0.2, 0.25) is 5.02 Å². The largest absolute Gasteiger partial charge is 0.444 e. The highest BCUT2D eigenvalue weighted by molar-refractivity contribution is 6.35. The van der Waals surface area contributed by atoms with E-state index >= 15 is 0 Å². The molecule has 1 amide bonds. The van der Waals surface area contributed by atoms with Gasteiger partial charge in [0.2, 0.25) is 0 Å². The summed E-state index contributed by atoms with van der Waals surface area (Å²) in [4.78, 5) is 15.0. The van der Waals surface area contributed by atoms with Crippen LogP contribution in [0.5, 0.6) is 0 Å². The quantitative estimate of drug-likeness (QED) is 0.780. The zero-order valence-electron chi connectivity index (χ0n) is 14.1. The molecule has 0 saturated heterocycles. The Kier molecular flexibility index (Phi) is 5.40. The van der Waals surface area contributed by atoms with Gasteiger partial charge in [0.1, 0.15) is 11.4 Å².